The van der Waals surface area contributed by atoms with Crippen molar-refractivity contribution in [2.75, 3.05) is 38.5 Å². The number of benzene rings is 1. The summed E-state index contributed by atoms with van der Waals surface area (Å²) in [7, 11) is -3.15. The van der Waals surface area contributed by atoms with Gasteiger partial charge >= 0.3 is 0 Å². The van der Waals surface area contributed by atoms with Crippen LogP contribution in [-0.4, -0.2) is 62.0 Å². The molecule has 1 N–H and O–H groups in total. The molecule has 1 aromatic carbocycles. The molecule has 7 heteroatoms. The van der Waals surface area contributed by atoms with Crippen LogP contribution in [0.2, 0.25) is 0 Å². The Balaban J connectivity index is 1.55. The Hall–Kier alpha value is -1.44. The number of piperidine rings is 1. The number of nitrogens with one attached hydrogen (secondary N) is 1. The fourth-order valence-corrected chi connectivity index (χ4v) is 5.24. The summed E-state index contributed by atoms with van der Waals surface area (Å²) in [6.07, 6.45) is 3.62. The SMILES string of the molecule is CCS(=O)(=O)N1CCC(C(=O)NC[C@H](c2ccccc2)N2CCCC2)CC1. The van der Waals surface area contributed by atoms with Crippen LogP contribution in [0.4, 0.5) is 0 Å². The number of sulfonamides is 1. The van der Waals surface area contributed by atoms with Gasteiger partial charge in [0.05, 0.1) is 11.8 Å². The molecule has 2 heterocycles. The first-order valence-electron chi connectivity index (χ1n) is 10.1. The van der Waals surface area contributed by atoms with Crippen LogP contribution in [0.3, 0.4) is 0 Å². The predicted molar refractivity (Wildman–Crippen MR) is 107 cm³/mol. The van der Waals surface area contributed by atoms with E-state index >= 15 is 0 Å². The van der Waals surface area contributed by atoms with E-state index in [2.05, 4.69) is 22.3 Å². The average Bonchev–Trinajstić information content (AvgIpc) is 3.23. The number of carbonyl (C=O) groups excluding carboxylic acids is 1. The Morgan fingerprint density at radius 2 is 1.74 bits per heavy atom. The van der Waals surface area contributed by atoms with Crippen LogP contribution in [0, 0.1) is 5.92 Å². The van der Waals surface area contributed by atoms with Crippen LogP contribution < -0.4 is 5.32 Å². The normalized spacial score (nSPS) is 21.2. The van der Waals surface area contributed by atoms with Crippen molar-refractivity contribution in [1.29, 1.82) is 0 Å². The van der Waals surface area contributed by atoms with Crippen LogP contribution >= 0.6 is 0 Å². The summed E-state index contributed by atoms with van der Waals surface area (Å²) in [6, 6.07) is 10.6. The summed E-state index contributed by atoms with van der Waals surface area (Å²) < 4.78 is 25.5. The molecule has 2 aliphatic rings. The predicted octanol–water partition coefficient (Wildman–Crippen LogP) is 2.00. The zero-order valence-corrected chi connectivity index (χ0v) is 17.0. The lowest BCUT2D eigenvalue weighted by molar-refractivity contribution is -0.126. The number of carbonyl (C=O) groups is 1. The maximum Gasteiger partial charge on any atom is 0.223 e. The van der Waals surface area contributed by atoms with E-state index in [4.69, 9.17) is 0 Å². The van der Waals surface area contributed by atoms with Gasteiger partial charge in [-0.1, -0.05) is 30.3 Å². The minimum Gasteiger partial charge on any atom is -0.354 e. The van der Waals surface area contributed by atoms with Crippen molar-refractivity contribution in [2.24, 2.45) is 5.92 Å². The Labute approximate surface area is 163 Å². The van der Waals surface area contributed by atoms with Crippen molar-refractivity contribution in [3.05, 3.63) is 35.9 Å². The van der Waals surface area contributed by atoms with E-state index in [1.165, 1.54) is 22.7 Å². The first-order valence-corrected chi connectivity index (χ1v) is 11.7. The Morgan fingerprint density at radius 3 is 2.33 bits per heavy atom. The molecule has 0 unspecified atom stereocenters. The van der Waals surface area contributed by atoms with E-state index in [0.29, 0.717) is 32.5 Å². The molecule has 0 radical (unpaired) electrons. The second-order valence-corrected chi connectivity index (χ2v) is 9.75. The molecule has 150 valence electrons. The highest BCUT2D eigenvalue weighted by atomic mass is 32.2. The molecule has 1 atom stereocenters. The standard InChI is InChI=1S/C20H31N3O3S/c1-2-27(25,26)23-14-10-18(11-15-23)20(24)21-16-19(22-12-6-7-13-22)17-8-4-3-5-9-17/h3-5,8-9,18-19H,2,6-7,10-16H2,1H3,(H,21,24)/t19-/m1/s1. The number of nitrogens with zero attached hydrogens (tertiary/aromatic N) is 2. The molecule has 0 aliphatic carbocycles. The van der Waals surface area contributed by atoms with Crippen LogP contribution in [0.25, 0.3) is 0 Å². The zero-order chi connectivity index (χ0) is 19.3. The number of hydrogen-bond acceptors (Lipinski definition) is 4. The lowest BCUT2D eigenvalue weighted by Gasteiger charge is -2.32. The van der Waals surface area contributed by atoms with Crippen molar-refractivity contribution < 1.29 is 13.2 Å². The monoisotopic (exact) mass is 393 g/mol. The van der Waals surface area contributed by atoms with E-state index in [9.17, 15) is 13.2 Å². The van der Waals surface area contributed by atoms with Gasteiger partial charge in [0.25, 0.3) is 0 Å². The minimum absolute atomic E-state index is 0.0590. The summed E-state index contributed by atoms with van der Waals surface area (Å²) in [5.74, 6) is 0.0883. The average molecular weight is 394 g/mol. The van der Waals surface area contributed by atoms with Gasteiger partial charge in [0.1, 0.15) is 0 Å². The highest BCUT2D eigenvalue weighted by Crippen LogP contribution is 2.25. The summed E-state index contributed by atoms with van der Waals surface area (Å²) in [6.45, 7) is 5.31. The van der Waals surface area contributed by atoms with Crippen LogP contribution in [-0.2, 0) is 14.8 Å². The Morgan fingerprint density at radius 1 is 1.11 bits per heavy atom. The van der Waals surface area contributed by atoms with E-state index in [0.717, 1.165) is 13.1 Å². The number of rotatable bonds is 7. The lowest BCUT2D eigenvalue weighted by Crippen LogP contribution is -2.45. The van der Waals surface area contributed by atoms with Gasteiger partial charge in [0.2, 0.25) is 15.9 Å². The third-order valence-corrected chi connectivity index (χ3v) is 7.70. The van der Waals surface area contributed by atoms with Gasteiger partial charge in [-0.25, -0.2) is 12.7 Å². The molecule has 27 heavy (non-hydrogen) atoms. The topological polar surface area (TPSA) is 69.7 Å². The summed E-state index contributed by atoms with van der Waals surface area (Å²) >= 11 is 0. The number of likely N-dealkylation sites (tertiary alicyclic amines) is 1. The molecule has 2 aliphatic heterocycles. The molecule has 0 bridgehead atoms. The van der Waals surface area contributed by atoms with Gasteiger partial charge < -0.3 is 5.32 Å². The van der Waals surface area contributed by atoms with Crippen molar-refractivity contribution in [3.63, 3.8) is 0 Å². The molecule has 2 saturated heterocycles. The molecule has 0 saturated carbocycles. The lowest BCUT2D eigenvalue weighted by atomic mass is 9.97. The number of amides is 1. The quantitative estimate of drug-likeness (QED) is 0.769. The van der Waals surface area contributed by atoms with Gasteiger partial charge in [-0.05, 0) is 51.3 Å². The molecule has 1 amide bonds. The fourth-order valence-electron chi connectivity index (χ4n) is 4.11. The van der Waals surface area contributed by atoms with Gasteiger partial charge in [0, 0.05) is 25.6 Å². The minimum atomic E-state index is -3.15. The highest BCUT2D eigenvalue weighted by molar-refractivity contribution is 7.89. The second kappa shape index (κ2) is 9.17. The Bertz CT molecular complexity index is 709. The molecule has 1 aromatic rings. The van der Waals surface area contributed by atoms with Crippen molar-refractivity contribution in [1.82, 2.24) is 14.5 Å². The van der Waals surface area contributed by atoms with E-state index < -0.39 is 10.0 Å². The first-order chi connectivity index (χ1) is 13.0. The van der Waals surface area contributed by atoms with Gasteiger partial charge in [-0.15, -0.1) is 0 Å². The fraction of sp³-hybridized carbons (Fsp3) is 0.650. The summed E-state index contributed by atoms with van der Waals surface area (Å²) in [5, 5.41) is 3.15. The first kappa shape index (κ1) is 20.3. The van der Waals surface area contributed by atoms with Crippen LogP contribution in [0.5, 0.6) is 0 Å². The second-order valence-electron chi connectivity index (χ2n) is 7.49. The van der Waals surface area contributed by atoms with Crippen molar-refractivity contribution in [3.8, 4) is 0 Å². The van der Waals surface area contributed by atoms with Crippen molar-refractivity contribution in [2.45, 2.75) is 38.6 Å². The molecule has 3 rings (SSSR count). The Kier molecular flexibility index (Phi) is 6.89. The molecular weight excluding hydrogens is 362 g/mol. The summed E-state index contributed by atoms with van der Waals surface area (Å²) in [4.78, 5) is 15.1. The molecule has 0 spiro atoms. The molecule has 6 nitrogen and oxygen atoms in total. The van der Waals surface area contributed by atoms with Gasteiger partial charge in [-0.2, -0.15) is 0 Å². The zero-order valence-electron chi connectivity index (χ0n) is 16.1. The summed E-state index contributed by atoms with van der Waals surface area (Å²) in [5.41, 5.74) is 1.24. The smallest absolute Gasteiger partial charge is 0.223 e. The molecular formula is C20H31N3O3S. The maximum absolute atomic E-state index is 12.7. The number of hydrogen-bond donors (Lipinski definition) is 1. The maximum atomic E-state index is 12.7. The largest absolute Gasteiger partial charge is 0.354 e. The van der Waals surface area contributed by atoms with Gasteiger partial charge in [-0.3, -0.25) is 9.69 Å². The molecule has 2 fully saturated rings. The van der Waals surface area contributed by atoms with E-state index in [1.54, 1.807) is 6.92 Å². The van der Waals surface area contributed by atoms with E-state index in [1.807, 2.05) is 18.2 Å². The molecule has 0 aromatic heterocycles. The van der Waals surface area contributed by atoms with Crippen molar-refractivity contribution >= 4 is 15.9 Å². The van der Waals surface area contributed by atoms with Crippen LogP contribution in [0.15, 0.2) is 30.3 Å². The van der Waals surface area contributed by atoms with Crippen LogP contribution in [0.1, 0.15) is 44.2 Å². The van der Waals surface area contributed by atoms with Gasteiger partial charge in [0.15, 0.2) is 0 Å². The van der Waals surface area contributed by atoms with E-state index in [-0.39, 0.29) is 23.6 Å². The third kappa shape index (κ3) is 5.09. The highest BCUT2D eigenvalue weighted by Gasteiger charge is 2.31. The third-order valence-electron chi connectivity index (χ3n) is 5.82.